The number of amides is 3. The molecule has 1 saturated heterocycles. The van der Waals surface area contributed by atoms with E-state index in [0.29, 0.717) is 0 Å². The van der Waals surface area contributed by atoms with Crippen LogP contribution in [0, 0.1) is 0 Å². The number of hydrogen-bond donors (Lipinski definition) is 3. The number of carbonyl (C=O) groups is 3. The second kappa shape index (κ2) is 4.41. The van der Waals surface area contributed by atoms with Gasteiger partial charge in [-0.05, 0) is 12.1 Å². The second-order valence-corrected chi connectivity index (χ2v) is 3.70. The van der Waals surface area contributed by atoms with Crippen LogP contribution in [-0.2, 0) is 9.59 Å². The first-order chi connectivity index (χ1) is 8.54. The van der Waals surface area contributed by atoms with E-state index in [9.17, 15) is 14.4 Å². The predicted octanol–water partition coefficient (Wildman–Crippen LogP) is -0.881. The lowest BCUT2D eigenvalue weighted by Gasteiger charge is -2.14. The van der Waals surface area contributed by atoms with Gasteiger partial charge in [-0.3, -0.25) is 14.4 Å². The molecule has 94 valence electrons. The number of nitrogens with zero attached hydrogens (tertiary/aromatic N) is 2. The number of anilines is 2. The highest BCUT2D eigenvalue weighted by Crippen LogP contribution is 2.23. The third kappa shape index (κ3) is 1.89. The monoisotopic (exact) mass is 249 g/mol. The van der Waals surface area contributed by atoms with E-state index in [1.54, 1.807) is 0 Å². The average molecular weight is 249 g/mol. The highest BCUT2D eigenvalue weighted by atomic mass is 16.2. The molecule has 0 bridgehead atoms. The zero-order valence-corrected chi connectivity index (χ0v) is 9.34. The summed E-state index contributed by atoms with van der Waals surface area (Å²) in [6.07, 6.45) is 0.312. The molecule has 8 nitrogen and oxygen atoms in total. The summed E-state index contributed by atoms with van der Waals surface area (Å²) in [5.41, 5.74) is 7.42. The Morgan fingerprint density at radius 1 is 1.28 bits per heavy atom. The van der Waals surface area contributed by atoms with Crippen LogP contribution in [0.15, 0.2) is 12.1 Å². The van der Waals surface area contributed by atoms with Gasteiger partial charge in [0.15, 0.2) is 5.82 Å². The van der Waals surface area contributed by atoms with E-state index in [-0.39, 0.29) is 41.9 Å². The van der Waals surface area contributed by atoms with Crippen molar-refractivity contribution >= 4 is 29.4 Å². The molecule has 3 amide bonds. The number of primary amides is 1. The van der Waals surface area contributed by atoms with Crippen LogP contribution in [0.1, 0.15) is 23.2 Å². The molecule has 0 aliphatic carbocycles. The van der Waals surface area contributed by atoms with E-state index in [1.807, 2.05) is 0 Å². The van der Waals surface area contributed by atoms with Crippen molar-refractivity contribution in [2.45, 2.75) is 12.8 Å². The number of nitrogens with two attached hydrogens (primary N) is 2. The van der Waals surface area contributed by atoms with E-state index in [4.69, 9.17) is 11.6 Å². The largest absolute Gasteiger partial charge is 0.365 e. The number of nitrogens with one attached hydrogen (secondary N) is 1. The summed E-state index contributed by atoms with van der Waals surface area (Å²) in [5.74, 6) is 3.99. The molecule has 0 unspecified atom stereocenters. The Hall–Kier alpha value is -2.48. The molecule has 1 aromatic rings. The van der Waals surface area contributed by atoms with Gasteiger partial charge in [-0.2, -0.15) is 0 Å². The lowest BCUT2D eigenvalue weighted by atomic mass is 10.2. The van der Waals surface area contributed by atoms with Crippen molar-refractivity contribution in [3.8, 4) is 0 Å². The Bertz CT molecular complexity index is 526. The molecule has 0 atom stereocenters. The van der Waals surface area contributed by atoms with Gasteiger partial charge in [0.25, 0.3) is 5.91 Å². The topological polar surface area (TPSA) is 131 Å². The van der Waals surface area contributed by atoms with Crippen LogP contribution in [0.2, 0.25) is 0 Å². The van der Waals surface area contributed by atoms with E-state index in [2.05, 4.69) is 10.4 Å². The van der Waals surface area contributed by atoms with Crippen molar-refractivity contribution in [1.82, 2.24) is 4.98 Å². The Balaban J connectivity index is 2.44. The minimum absolute atomic E-state index is 0.0208. The number of nitrogen functional groups attached to an aromatic ring is 1. The number of carbonyl (C=O) groups excluding carboxylic acids is 3. The summed E-state index contributed by atoms with van der Waals surface area (Å²) in [7, 11) is 0. The molecular weight excluding hydrogens is 238 g/mol. The van der Waals surface area contributed by atoms with Crippen molar-refractivity contribution < 1.29 is 14.4 Å². The van der Waals surface area contributed by atoms with Crippen LogP contribution < -0.4 is 21.9 Å². The maximum Gasteiger partial charge on any atom is 0.252 e. The summed E-state index contributed by atoms with van der Waals surface area (Å²) < 4.78 is 0. The van der Waals surface area contributed by atoms with E-state index in [0.717, 1.165) is 4.90 Å². The minimum Gasteiger partial charge on any atom is -0.365 e. The Kier molecular flexibility index (Phi) is 2.94. The number of imide groups is 1. The molecule has 0 saturated carbocycles. The fraction of sp³-hybridized carbons (Fsp3) is 0.200. The molecule has 2 rings (SSSR count). The Labute approximate surface area is 102 Å². The zero-order chi connectivity index (χ0) is 13.3. The van der Waals surface area contributed by atoms with Gasteiger partial charge < -0.3 is 11.2 Å². The molecule has 18 heavy (non-hydrogen) atoms. The molecule has 0 aromatic carbocycles. The predicted molar refractivity (Wildman–Crippen MR) is 62.3 cm³/mol. The van der Waals surface area contributed by atoms with Crippen LogP contribution in [0.25, 0.3) is 0 Å². The van der Waals surface area contributed by atoms with Gasteiger partial charge in [0.1, 0.15) is 5.82 Å². The SMILES string of the molecule is NNc1nc(N2C(=O)CCC2=O)ccc1C(N)=O. The van der Waals surface area contributed by atoms with Crippen LogP contribution in [0.3, 0.4) is 0 Å². The van der Waals surface area contributed by atoms with Crippen LogP contribution in [0.5, 0.6) is 0 Å². The lowest BCUT2D eigenvalue weighted by molar-refractivity contribution is -0.121. The summed E-state index contributed by atoms with van der Waals surface area (Å²) in [5, 5.41) is 0. The number of hydrazine groups is 1. The highest BCUT2D eigenvalue weighted by Gasteiger charge is 2.31. The third-order valence-corrected chi connectivity index (χ3v) is 2.56. The molecule has 8 heteroatoms. The molecule has 5 N–H and O–H groups in total. The van der Waals surface area contributed by atoms with E-state index >= 15 is 0 Å². The van der Waals surface area contributed by atoms with Gasteiger partial charge in [-0.25, -0.2) is 15.7 Å². The third-order valence-electron chi connectivity index (χ3n) is 2.56. The van der Waals surface area contributed by atoms with Gasteiger partial charge in [-0.15, -0.1) is 0 Å². The van der Waals surface area contributed by atoms with Crippen LogP contribution >= 0.6 is 0 Å². The molecular formula is C10H11N5O3. The number of hydrogen-bond acceptors (Lipinski definition) is 6. The smallest absolute Gasteiger partial charge is 0.252 e. The van der Waals surface area contributed by atoms with Crippen LogP contribution in [-0.4, -0.2) is 22.7 Å². The summed E-state index contributed by atoms with van der Waals surface area (Å²) in [4.78, 5) is 39.0. The average Bonchev–Trinajstić information content (AvgIpc) is 2.68. The quantitative estimate of drug-likeness (QED) is 0.362. The van der Waals surface area contributed by atoms with Gasteiger partial charge in [0.2, 0.25) is 11.8 Å². The number of aromatic nitrogens is 1. The van der Waals surface area contributed by atoms with Crippen molar-refractivity contribution in [2.75, 3.05) is 10.3 Å². The van der Waals surface area contributed by atoms with E-state index in [1.165, 1.54) is 12.1 Å². The standard InChI is InChI=1S/C10H11N5O3/c11-9(18)5-1-2-6(13-10(5)14-12)15-7(16)3-4-8(15)17/h1-2H,3-4,12H2,(H2,11,18)(H,13,14). The molecule has 1 aromatic heterocycles. The molecule has 1 aliphatic heterocycles. The fourth-order valence-electron chi connectivity index (χ4n) is 1.71. The number of pyridine rings is 1. The Morgan fingerprint density at radius 3 is 2.39 bits per heavy atom. The van der Waals surface area contributed by atoms with Crippen LogP contribution in [0.4, 0.5) is 11.6 Å². The maximum absolute atomic E-state index is 11.5. The first-order valence-electron chi connectivity index (χ1n) is 5.18. The summed E-state index contributed by atoms with van der Waals surface area (Å²) in [6.45, 7) is 0. The lowest BCUT2D eigenvalue weighted by Crippen LogP contribution is -2.30. The number of rotatable bonds is 3. The van der Waals surface area contributed by atoms with E-state index < -0.39 is 5.91 Å². The maximum atomic E-state index is 11.5. The van der Waals surface area contributed by atoms with Crippen molar-refractivity contribution in [3.63, 3.8) is 0 Å². The second-order valence-electron chi connectivity index (χ2n) is 3.70. The normalized spacial score (nSPS) is 15.1. The molecule has 1 aliphatic rings. The summed E-state index contributed by atoms with van der Waals surface area (Å²) in [6, 6.07) is 2.74. The highest BCUT2D eigenvalue weighted by molar-refractivity contribution is 6.19. The first kappa shape index (κ1) is 12.0. The fourth-order valence-corrected chi connectivity index (χ4v) is 1.71. The summed E-state index contributed by atoms with van der Waals surface area (Å²) >= 11 is 0. The van der Waals surface area contributed by atoms with Gasteiger partial charge in [-0.1, -0.05) is 0 Å². The molecule has 1 fully saturated rings. The van der Waals surface area contributed by atoms with Gasteiger partial charge >= 0.3 is 0 Å². The zero-order valence-electron chi connectivity index (χ0n) is 9.34. The van der Waals surface area contributed by atoms with Crippen molar-refractivity contribution in [1.29, 1.82) is 0 Å². The molecule has 0 spiro atoms. The van der Waals surface area contributed by atoms with Crippen molar-refractivity contribution in [2.24, 2.45) is 11.6 Å². The molecule has 0 radical (unpaired) electrons. The van der Waals surface area contributed by atoms with Gasteiger partial charge in [0, 0.05) is 12.8 Å². The minimum atomic E-state index is -0.707. The van der Waals surface area contributed by atoms with Gasteiger partial charge in [0.05, 0.1) is 5.56 Å². The first-order valence-corrected chi connectivity index (χ1v) is 5.18. The molecule has 2 heterocycles. The van der Waals surface area contributed by atoms with Crippen molar-refractivity contribution in [3.05, 3.63) is 17.7 Å². The Morgan fingerprint density at radius 2 is 1.89 bits per heavy atom.